The van der Waals surface area contributed by atoms with Gasteiger partial charge in [0.25, 0.3) is 0 Å². The number of aromatic nitrogens is 1. The minimum atomic E-state index is -0.224. The van der Waals surface area contributed by atoms with E-state index in [4.69, 9.17) is 0 Å². The topological polar surface area (TPSA) is 24.9 Å². The molecule has 0 saturated carbocycles. The number of halogens is 3. The summed E-state index contributed by atoms with van der Waals surface area (Å²) >= 11 is 3.22. The Morgan fingerprint density at radius 2 is 2.06 bits per heavy atom. The van der Waals surface area contributed by atoms with Gasteiger partial charge in [-0.15, -0.1) is 12.4 Å². The predicted molar refractivity (Wildman–Crippen MR) is 72.9 cm³/mol. The molecule has 0 unspecified atom stereocenters. The molecule has 1 heterocycles. The molecule has 2 rings (SSSR count). The lowest BCUT2D eigenvalue weighted by atomic mass is 10.2. The first-order valence-corrected chi connectivity index (χ1v) is 5.64. The van der Waals surface area contributed by atoms with Crippen LogP contribution in [0.5, 0.6) is 0 Å². The Kier molecular flexibility index (Phi) is 5.38. The van der Waals surface area contributed by atoms with Gasteiger partial charge in [-0.3, -0.25) is 0 Å². The Bertz CT molecular complexity index is 479. The number of hydrogen-bond acceptors (Lipinski definition) is 2. The zero-order chi connectivity index (χ0) is 11.4. The lowest BCUT2D eigenvalue weighted by Gasteiger charge is -2.06. The molecule has 0 aliphatic heterocycles. The van der Waals surface area contributed by atoms with Crippen molar-refractivity contribution in [1.82, 2.24) is 4.98 Å². The molecule has 0 aliphatic rings. The van der Waals surface area contributed by atoms with Crippen molar-refractivity contribution in [2.45, 2.75) is 6.54 Å². The fraction of sp³-hybridized carbons (Fsp3) is 0.0833. The van der Waals surface area contributed by atoms with Gasteiger partial charge in [-0.05, 0) is 24.3 Å². The van der Waals surface area contributed by atoms with Gasteiger partial charge in [0.1, 0.15) is 11.6 Å². The van der Waals surface area contributed by atoms with Crippen LogP contribution in [0.3, 0.4) is 0 Å². The molecule has 5 heteroatoms. The number of benzene rings is 1. The summed E-state index contributed by atoms with van der Waals surface area (Å²) in [6.07, 6.45) is 1.69. The molecular formula is C12H11BrClFN2. The van der Waals surface area contributed by atoms with Crippen LogP contribution in [-0.2, 0) is 6.54 Å². The molecule has 1 N–H and O–H groups in total. The van der Waals surface area contributed by atoms with Gasteiger partial charge in [-0.2, -0.15) is 0 Å². The molecule has 17 heavy (non-hydrogen) atoms. The van der Waals surface area contributed by atoms with Crippen LogP contribution in [0.1, 0.15) is 5.56 Å². The molecule has 2 nitrogen and oxygen atoms in total. The Hall–Kier alpha value is -1.13. The maximum atomic E-state index is 13.5. The van der Waals surface area contributed by atoms with Crippen molar-refractivity contribution in [2.24, 2.45) is 0 Å². The zero-order valence-corrected chi connectivity index (χ0v) is 11.3. The van der Waals surface area contributed by atoms with Crippen molar-refractivity contribution < 1.29 is 4.39 Å². The largest absolute Gasteiger partial charge is 0.366 e. The second-order valence-electron chi connectivity index (χ2n) is 3.30. The van der Waals surface area contributed by atoms with Crippen LogP contribution in [0.25, 0.3) is 0 Å². The molecule has 0 radical (unpaired) electrons. The van der Waals surface area contributed by atoms with Crippen molar-refractivity contribution in [3.05, 3.63) is 58.4 Å². The molecule has 0 amide bonds. The van der Waals surface area contributed by atoms with Crippen molar-refractivity contribution >= 4 is 34.2 Å². The van der Waals surface area contributed by atoms with E-state index < -0.39 is 0 Å². The second kappa shape index (κ2) is 6.57. The fourth-order valence-corrected chi connectivity index (χ4v) is 1.65. The Morgan fingerprint density at radius 1 is 1.24 bits per heavy atom. The van der Waals surface area contributed by atoms with Gasteiger partial charge in [0.05, 0.1) is 0 Å². The fourth-order valence-electron chi connectivity index (χ4n) is 1.32. The standard InChI is InChI=1S/C12H10BrFN2.ClH/c13-10-5-4-9(11(14)7-10)8-16-12-3-1-2-6-15-12;/h1-7H,8H2,(H,15,16);1H. The quantitative estimate of drug-likeness (QED) is 0.925. The van der Waals surface area contributed by atoms with Gasteiger partial charge < -0.3 is 5.32 Å². The van der Waals surface area contributed by atoms with E-state index in [1.165, 1.54) is 6.07 Å². The van der Waals surface area contributed by atoms with Gasteiger partial charge in [0.15, 0.2) is 0 Å². The zero-order valence-electron chi connectivity index (χ0n) is 8.86. The van der Waals surface area contributed by atoms with Crippen LogP contribution in [0.2, 0.25) is 0 Å². The van der Waals surface area contributed by atoms with Crippen LogP contribution < -0.4 is 5.32 Å². The first-order valence-electron chi connectivity index (χ1n) is 4.84. The molecule has 0 bridgehead atoms. The van der Waals surface area contributed by atoms with Crippen molar-refractivity contribution in [2.75, 3.05) is 5.32 Å². The average molecular weight is 318 g/mol. The number of nitrogens with one attached hydrogen (secondary N) is 1. The highest BCUT2D eigenvalue weighted by Gasteiger charge is 2.02. The Balaban J connectivity index is 0.00000144. The summed E-state index contributed by atoms with van der Waals surface area (Å²) < 4.78 is 14.2. The summed E-state index contributed by atoms with van der Waals surface area (Å²) in [5.41, 5.74) is 0.619. The summed E-state index contributed by atoms with van der Waals surface area (Å²) in [4.78, 5) is 4.10. The van der Waals surface area contributed by atoms with E-state index in [0.29, 0.717) is 12.1 Å². The van der Waals surface area contributed by atoms with E-state index in [1.807, 2.05) is 24.3 Å². The summed E-state index contributed by atoms with van der Waals surface area (Å²) in [5, 5.41) is 3.05. The van der Waals surface area contributed by atoms with E-state index in [0.717, 1.165) is 10.3 Å². The second-order valence-corrected chi connectivity index (χ2v) is 4.22. The van der Waals surface area contributed by atoms with E-state index in [1.54, 1.807) is 12.3 Å². The molecule has 2 aromatic rings. The molecule has 0 saturated heterocycles. The highest BCUT2D eigenvalue weighted by Crippen LogP contribution is 2.16. The maximum Gasteiger partial charge on any atom is 0.129 e. The first kappa shape index (κ1) is 13.9. The molecule has 0 aliphatic carbocycles. The SMILES string of the molecule is Cl.Fc1cc(Br)ccc1CNc1ccccn1. The summed E-state index contributed by atoms with van der Waals surface area (Å²) in [5.74, 6) is 0.516. The first-order chi connectivity index (χ1) is 7.75. The van der Waals surface area contributed by atoms with Crippen LogP contribution >= 0.6 is 28.3 Å². The third-order valence-corrected chi connectivity index (χ3v) is 2.63. The Labute approximate surface area is 114 Å². The molecule has 0 fully saturated rings. The maximum absolute atomic E-state index is 13.5. The van der Waals surface area contributed by atoms with Crippen LogP contribution in [0, 0.1) is 5.82 Å². The third kappa shape index (κ3) is 3.98. The number of nitrogens with zero attached hydrogens (tertiary/aromatic N) is 1. The molecule has 1 aromatic heterocycles. The molecule has 1 aromatic carbocycles. The molecular weight excluding hydrogens is 307 g/mol. The number of hydrogen-bond donors (Lipinski definition) is 1. The van der Waals surface area contributed by atoms with Gasteiger partial charge in [-0.25, -0.2) is 9.37 Å². The molecule has 0 atom stereocenters. The predicted octanol–water partition coefficient (Wildman–Crippen LogP) is 4.02. The minimum Gasteiger partial charge on any atom is -0.366 e. The smallest absolute Gasteiger partial charge is 0.129 e. The summed E-state index contributed by atoms with van der Waals surface area (Å²) in [6, 6.07) is 10.6. The van der Waals surface area contributed by atoms with Crippen molar-refractivity contribution in [3.8, 4) is 0 Å². The van der Waals surface area contributed by atoms with Crippen LogP contribution in [0.4, 0.5) is 10.2 Å². The van der Waals surface area contributed by atoms with Crippen LogP contribution in [0.15, 0.2) is 47.1 Å². The van der Waals surface area contributed by atoms with Gasteiger partial charge >= 0.3 is 0 Å². The number of pyridine rings is 1. The van der Waals surface area contributed by atoms with Gasteiger partial charge in [0.2, 0.25) is 0 Å². The molecule has 90 valence electrons. The lowest BCUT2D eigenvalue weighted by Crippen LogP contribution is -2.02. The van der Waals surface area contributed by atoms with E-state index in [2.05, 4.69) is 26.2 Å². The van der Waals surface area contributed by atoms with E-state index in [-0.39, 0.29) is 18.2 Å². The normalized spacial score (nSPS) is 9.53. The summed E-state index contributed by atoms with van der Waals surface area (Å²) in [6.45, 7) is 0.427. The lowest BCUT2D eigenvalue weighted by molar-refractivity contribution is 0.612. The van der Waals surface area contributed by atoms with Gasteiger partial charge in [-0.1, -0.05) is 28.1 Å². The molecule has 0 spiro atoms. The van der Waals surface area contributed by atoms with E-state index in [9.17, 15) is 4.39 Å². The van der Waals surface area contributed by atoms with Crippen molar-refractivity contribution in [3.63, 3.8) is 0 Å². The summed E-state index contributed by atoms with van der Waals surface area (Å²) in [7, 11) is 0. The highest BCUT2D eigenvalue weighted by molar-refractivity contribution is 9.10. The van der Waals surface area contributed by atoms with E-state index >= 15 is 0 Å². The number of rotatable bonds is 3. The average Bonchev–Trinajstić information content (AvgIpc) is 2.29. The Morgan fingerprint density at radius 3 is 2.71 bits per heavy atom. The minimum absolute atomic E-state index is 0. The number of anilines is 1. The monoisotopic (exact) mass is 316 g/mol. The highest BCUT2D eigenvalue weighted by atomic mass is 79.9. The third-order valence-electron chi connectivity index (χ3n) is 2.14. The van der Waals surface area contributed by atoms with Gasteiger partial charge in [0, 0.05) is 22.8 Å². The van der Waals surface area contributed by atoms with Crippen LogP contribution in [-0.4, -0.2) is 4.98 Å². The van der Waals surface area contributed by atoms with Crippen molar-refractivity contribution in [1.29, 1.82) is 0 Å².